The molecule has 3 aromatic heterocycles. The summed E-state index contributed by atoms with van der Waals surface area (Å²) in [5, 5.41) is 20.1. The van der Waals surface area contributed by atoms with Crippen molar-refractivity contribution in [2.45, 2.75) is 27.3 Å². The number of pyridine rings is 1. The summed E-state index contributed by atoms with van der Waals surface area (Å²) in [6.07, 6.45) is 1.52. The van der Waals surface area contributed by atoms with Gasteiger partial charge < -0.3 is 5.32 Å². The first kappa shape index (κ1) is 21.1. The molecule has 0 fully saturated rings. The lowest BCUT2D eigenvalue weighted by molar-refractivity contribution is 0.588. The molecule has 0 saturated heterocycles. The normalized spacial score (nSPS) is 10.3. The van der Waals surface area contributed by atoms with Gasteiger partial charge in [0.2, 0.25) is 11.9 Å². The predicted molar refractivity (Wildman–Crippen MR) is 114 cm³/mol. The van der Waals surface area contributed by atoms with Crippen molar-refractivity contribution in [2.75, 3.05) is 5.32 Å². The Kier molecular flexibility index (Phi) is 6.54. The summed E-state index contributed by atoms with van der Waals surface area (Å²) in [6.45, 7) is 6.24. The van der Waals surface area contributed by atoms with E-state index in [-0.39, 0.29) is 0 Å². The van der Waals surface area contributed by atoms with Gasteiger partial charge in [0, 0.05) is 10.9 Å². The zero-order chi connectivity index (χ0) is 21.7. The van der Waals surface area contributed by atoms with E-state index in [9.17, 15) is 4.39 Å². The van der Waals surface area contributed by atoms with Crippen LogP contribution in [0.2, 0.25) is 5.02 Å². The number of fused-ring (bicyclic) bond motifs is 1. The van der Waals surface area contributed by atoms with Gasteiger partial charge in [0.25, 0.3) is 0 Å². The molecule has 3 heterocycles. The Morgan fingerprint density at radius 2 is 2.00 bits per heavy atom. The van der Waals surface area contributed by atoms with Crippen molar-refractivity contribution in [3.63, 3.8) is 0 Å². The number of nitrogens with zero attached hydrogens (tertiary/aromatic N) is 5. The zero-order valence-corrected chi connectivity index (χ0v) is 17.4. The lowest BCUT2D eigenvalue weighted by Crippen LogP contribution is -2.05. The molecule has 0 aliphatic heterocycles. The number of aromatic amines is 1. The van der Waals surface area contributed by atoms with E-state index in [0.717, 1.165) is 16.8 Å². The van der Waals surface area contributed by atoms with Crippen LogP contribution in [0.15, 0.2) is 36.5 Å². The lowest BCUT2D eigenvalue weighted by Gasteiger charge is -2.10. The molecule has 4 rings (SSSR count). The van der Waals surface area contributed by atoms with Crippen LogP contribution >= 0.6 is 11.6 Å². The van der Waals surface area contributed by atoms with Crippen molar-refractivity contribution in [1.29, 1.82) is 5.26 Å². The quantitative estimate of drug-likeness (QED) is 0.446. The molecule has 0 amide bonds. The molecule has 0 atom stereocenters. The van der Waals surface area contributed by atoms with Crippen molar-refractivity contribution in [1.82, 2.24) is 25.1 Å². The van der Waals surface area contributed by atoms with Gasteiger partial charge in [0.05, 0.1) is 40.8 Å². The topological polar surface area (TPSA) is 103 Å². The van der Waals surface area contributed by atoms with Gasteiger partial charge >= 0.3 is 0 Å². The lowest BCUT2D eigenvalue weighted by atomic mass is 10.0. The van der Waals surface area contributed by atoms with Crippen molar-refractivity contribution in [3.05, 3.63) is 64.3 Å². The van der Waals surface area contributed by atoms with Gasteiger partial charge in [-0.05, 0) is 36.8 Å². The molecule has 0 saturated carbocycles. The van der Waals surface area contributed by atoms with E-state index in [4.69, 9.17) is 16.9 Å². The molecule has 9 heteroatoms. The van der Waals surface area contributed by atoms with Gasteiger partial charge in [0.15, 0.2) is 5.65 Å². The van der Waals surface area contributed by atoms with E-state index in [0.29, 0.717) is 39.8 Å². The molecule has 30 heavy (non-hydrogen) atoms. The fraction of sp³-hybridized carbons (Fsp3) is 0.190. The number of H-pyrrole nitrogens is 1. The number of halogens is 2. The molecule has 0 aliphatic rings. The highest BCUT2D eigenvalue weighted by Crippen LogP contribution is 2.29. The van der Waals surface area contributed by atoms with Crippen LogP contribution < -0.4 is 5.32 Å². The maximum absolute atomic E-state index is 13.2. The Balaban J connectivity index is 0.00000124. The Morgan fingerprint density at radius 1 is 1.20 bits per heavy atom. The van der Waals surface area contributed by atoms with Crippen molar-refractivity contribution in [2.24, 2.45) is 0 Å². The van der Waals surface area contributed by atoms with Gasteiger partial charge in [-0.15, -0.1) is 0 Å². The highest BCUT2D eigenvalue weighted by molar-refractivity contribution is 6.33. The van der Waals surface area contributed by atoms with E-state index >= 15 is 0 Å². The van der Waals surface area contributed by atoms with Crippen LogP contribution in [0.4, 0.5) is 10.3 Å². The molecule has 0 bridgehead atoms. The summed E-state index contributed by atoms with van der Waals surface area (Å²) in [6, 6.07) is 10.3. The Morgan fingerprint density at radius 3 is 2.73 bits per heavy atom. The van der Waals surface area contributed by atoms with Gasteiger partial charge in [-0.1, -0.05) is 31.5 Å². The number of hydrogen-bond donors (Lipinski definition) is 2. The molecule has 0 radical (unpaired) electrons. The molecule has 0 aliphatic carbocycles. The van der Waals surface area contributed by atoms with Crippen LogP contribution in [0.3, 0.4) is 0 Å². The number of benzene rings is 1. The molecule has 4 aromatic rings. The van der Waals surface area contributed by atoms with Crippen molar-refractivity contribution >= 4 is 28.6 Å². The third kappa shape index (κ3) is 4.36. The van der Waals surface area contributed by atoms with Gasteiger partial charge in [0.1, 0.15) is 0 Å². The molecule has 0 spiro atoms. The number of rotatable bonds is 4. The van der Waals surface area contributed by atoms with Crippen LogP contribution in [0.1, 0.15) is 30.7 Å². The second-order valence-electron chi connectivity index (χ2n) is 6.09. The third-order valence-corrected chi connectivity index (χ3v) is 4.52. The summed E-state index contributed by atoms with van der Waals surface area (Å²) in [5.41, 5.74) is 3.89. The summed E-state index contributed by atoms with van der Waals surface area (Å²) in [7, 11) is 0. The minimum atomic E-state index is -0.582. The van der Waals surface area contributed by atoms with Crippen molar-refractivity contribution < 1.29 is 4.39 Å². The number of nitriles is 1. The van der Waals surface area contributed by atoms with Crippen molar-refractivity contribution in [3.8, 4) is 17.3 Å². The van der Waals surface area contributed by atoms with E-state index in [2.05, 4.69) is 36.5 Å². The summed E-state index contributed by atoms with van der Waals surface area (Å²) < 4.78 is 13.2. The number of nitrogens with one attached hydrogen (secondary N) is 2. The third-order valence-electron chi connectivity index (χ3n) is 4.24. The number of hydrogen-bond acceptors (Lipinski definition) is 6. The Bertz CT molecular complexity index is 1230. The van der Waals surface area contributed by atoms with Crippen LogP contribution in [-0.2, 0) is 6.54 Å². The van der Waals surface area contributed by atoms with E-state index in [1.54, 1.807) is 18.2 Å². The summed E-state index contributed by atoms with van der Waals surface area (Å²) in [4.78, 5) is 12.4. The van der Waals surface area contributed by atoms with Crippen LogP contribution in [0.25, 0.3) is 22.3 Å². The van der Waals surface area contributed by atoms with E-state index in [1.165, 1.54) is 12.3 Å². The molecule has 0 unspecified atom stereocenters. The largest absolute Gasteiger partial charge is 0.349 e. The van der Waals surface area contributed by atoms with E-state index in [1.807, 2.05) is 26.8 Å². The fourth-order valence-electron chi connectivity index (χ4n) is 2.87. The predicted octanol–water partition coefficient (Wildman–Crippen LogP) is 5.03. The first-order chi connectivity index (χ1) is 14.5. The summed E-state index contributed by atoms with van der Waals surface area (Å²) >= 11 is 6.29. The monoisotopic (exact) mass is 423 g/mol. The molecular formula is C21H19ClFN7. The fourth-order valence-corrected chi connectivity index (χ4v) is 3.06. The first-order valence-electron chi connectivity index (χ1n) is 9.32. The number of aryl methyl sites for hydroxylation is 1. The minimum absolute atomic E-state index is 0.308. The smallest absolute Gasteiger partial charge is 0.223 e. The second kappa shape index (κ2) is 9.29. The van der Waals surface area contributed by atoms with Crippen LogP contribution in [-0.4, -0.2) is 25.1 Å². The van der Waals surface area contributed by atoms with E-state index < -0.39 is 5.95 Å². The summed E-state index contributed by atoms with van der Waals surface area (Å²) in [5.74, 6) is -0.206. The second-order valence-corrected chi connectivity index (χ2v) is 6.50. The number of anilines is 1. The molecule has 7 nitrogen and oxygen atoms in total. The molecule has 152 valence electrons. The maximum atomic E-state index is 13.2. The SMILES string of the molecule is CC.Cc1cc(C#N)ccc1-c1nc(NCc2[nH]nc3nc(F)ccc23)ncc1Cl. The molecular weight excluding hydrogens is 405 g/mol. The molecule has 2 N–H and O–H groups in total. The van der Waals surface area contributed by atoms with Crippen LogP contribution in [0.5, 0.6) is 0 Å². The van der Waals surface area contributed by atoms with Gasteiger partial charge in [-0.25, -0.2) is 9.97 Å². The zero-order valence-electron chi connectivity index (χ0n) is 16.7. The van der Waals surface area contributed by atoms with Gasteiger partial charge in [-0.2, -0.15) is 19.7 Å². The highest BCUT2D eigenvalue weighted by Gasteiger charge is 2.12. The number of aromatic nitrogens is 5. The molecule has 1 aromatic carbocycles. The maximum Gasteiger partial charge on any atom is 0.223 e. The minimum Gasteiger partial charge on any atom is -0.349 e. The average Bonchev–Trinajstić information content (AvgIpc) is 3.16. The Hall–Kier alpha value is -3.57. The van der Waals surface area contributed by atoms with Crippen LogP contribution in [0, 0.1) is 24.2 Å². The standard InChI is InChI=1S/C19H13ClFN7.C2H6/c1-10-6-11(7-22)2-3-12(10)17-14(20)8-23-19(26-17)24-9-15-13-4-5-16(21)25-18(13)28-27-15;1-2/h2-6,8H,9H2,1H3,(H,23,24,26)(H,25,27,28);1-2H3. The highest BCUT2D eigenvalue weighted by atomic mass is 35.5. The Labute approximate surface area is 178 Å². The first-order valence-corrected chi connectivity index (χ1v) is 9.70. The average molecular weight is 424 g/mol. The van der Waals surface area contributed by atoms with Gasteiger partial charge in [-0.3, -0.25) is 5.10 Å².